The van der Waals surface area contributed by atoms with Crippen LogP contribution < -0.4 is 0 Å². The van der Waals surface area contributed by atoms with E-state index in [1.165, 1.54) is 6.26 Å². The molecule has 0 N–H and O–H groups in total. The summed E-state index contributed by atoms with van der Waals surface area (Å²) < 4.78 is 12.3. The number of aryl methyl sites for hydroxylation is 2. The highest BCUT2D eigenvalue weighted by atomic mass is 16.5. The molecule has 0 aromatic carbocycles. The number of aromatic nitrogens is 4. The molecule has 1 amide bonds. The molecule has 0 radical (unpaired) electrons. The second-order valence-corrected chi connectivity index (χ2v) is 5.50. The van der Waals surface area contributed by atoms with Gasteiger partial charge < -0.3 is 13.8 Å². The van der Waals surface area contributed by atoms with E-state index in [9.17, 15) is 4.79 Å². The Morgan fingerprint density at radius 2 is 2.26 bits per heavy atom. The van der Waals surface area contributed by atoms with E-state index >= 15 is 0 Å². The Morgan fingerprint density at radius 1 is 1.39 bits per heavy atom. The third-order valence-electron chi connectivity index (χ3n) is 3.99. The summed E-state index contributed by atoms with van der Waals surface area (Å²) in [6.07, 6.45) is 2.22. The molecular formula is C15H15N5O3. The first-order valence-corrected chi connectivity index (χ1v) is 7.31. The Kier molecular flexibility index (Phi) is 3.03. The van der Waals surface area contributed by atoms with E-state index in [0.717, 1.165) is 17.7 Å². The van der Waals surface area contributed by atoms with Crippen LogP contribution in [0.1, 0.15) is 27.6 Å². The fourth-order valence-electron chi connectivity index (χ4n) is 2.89. The van der Waals surface area contributed by atoms with Crippen LogP contribution in [0.3, 0.4) is 0 Å². The molecule has 8 nitrogen and oxygen atoms in total. The van der Waals surface area contributed by atoms with Gasteiger partial charge in [0, 0.05) is 31.3 Å². The lowest BCUT2D eigenvalue weighted by Gasteiger charge is -2.26. The normalized spacial score (nSPS) is 14.1. The Bertz CT molecular complexity index is 862. The number of carbonyl (C=O) groups excluding carboxylic acids is 1. The molecule has 0 unspecified atom stereocenters. The van der Waals surface area contributed by atoms with Gasteiger partial charge in [-0.25, -0.2) is 0 Å². The second-order valence-electron chi connectivity index (χ2n) is 5.50. The van der Waals surface area contributed by atoms with Crippen molar-refractivity contribution in [2.75, 3.05) is 6.54 Å². The van der Waals surface area contributed by atoms with Gasteiger partial charge in [0.05, 0.1) is 12.8 Å². The van der Waals surface area contributed by atoms with Crippen LogP contribution in [0.15, 0.2) is 27.3 Å². The zero-order chi connectivity index (χ0) is 16.0. The van der Waals surface area contributed by atoms with Crippen LogP contribution in [0.2, 0.25) is 0 Å². The van der Waals surface area contributed by atoms with Gasteiger partial charge in [-0.05, 0) is 19.1 Å². The molecule has 0 spiro atoms. The maximum absolute atomic E-state index is 12.5. The molecule has 3 aromatic heterocycles. The highest BCUT2D eigenvalue weighted by Gasteiger charge is 2.30. The van der Waals surface area contributed by atoms with Gasteiger partial charge in [0.2, 0.25) is 0 Å². The van der Waals surface area contributed by atoms with Crippen molar-refractivity contribution in [3.8, 4) is 11.6 Å². The fraction of sp³-hybridized carbons (Fsp3) is 0.333. The monoisotopic (exact) mass is 313 g/mol. The van der Waals surface area contributed by atoms with E-state index in [1.54, 1.807) is 24.0 Å². The van der Waals surface area contributed by atoms with Crippen LogP contribution in [-0.2, 0) is 20.0 Å². The summed E-state index contributed by atoms with van der Waals surface area (Å²) in [5.41, 5.74) is 2.67. The van der Waals surface area contributed by atoms with Crippen LogP contribution in [0.4, 0.5) is 0 Å². The second kappa shape index (κ2) is 5.08. The predicted molar refractivity (Wildman–Crippen MR) is 78.4 cm³/mol. The topological polar surface area (TPSA) is 90.2 Å². The standard InChI is InChI=1S/C15H15N5O3/c1-9-16-14(23-18-9)13-10-8-20(6-5-11(10)19(2)17-13)15(21)12-4-3-7-22-12/h3-4,7H,5-6,8H2,1-2H3. The highest BCUT2D eigenvalue weighted by molar-refractivity contribution is 5.91. The molecule has 4 heterocycles. The molecule has 0 aliphatic carbocycles. The smallest absolute Gasteiger partial charge is 0.289 e. The first-order chi connectivity index (χ1) is 11.1. The minimum Gasteiger partial charge on any atom is -0.459 e. The van der Waals surface area contributed by atoms with Gasteiger partial charge >= 0.3 is 0 Å². The lowest BCUT2D eigenvalue weighted by Crippen LogP contribution is -2.36. The summed E-state index contributed by atoms with van der Waals surface area (Å²) in [7, 11) is 1.88. The first-order valence-electron chi connectivity index (χ1n) is 7.31. The zero-order valence-corrected chi connectivity index (χ0v) is 12.8. The fourth-order valence-corrected chi connectivity index (χ4v) is 2.89. The molecule has 3 aromatic rings. The third kappa shape index (κ3) is 2.23. The lowest BCUT2D eigenvalue weighted by molar-refractivity contribution is 0.0701. The number of nitrogens with zero attached hydrogens (tertiary/aromatic N) is 5. The van der Waals surface area contributed by atoms with Crippen molar-refractivity contribution in [3.05, 3.63) is 41.2 Å². The van der Waals surface area contributed by atoms with Crippen molar-refractivity contribution in [1.82, 2.24) is 24.8 Å². The van der Waals surface area contributed by atoms with E-state index in [1.807, 2.05) is 11.7 Å². The van der Waals surface area contributed by atoms with Crippen molar-refractivity contribution >= 4 is 5.91 Å². The van der Waals surface area contributed by atoms with Crippen molar-refractivity contribution < 1.29 is 13.7 Å². The van der Waals surface area contributed by atoms with Crippen molar-refractivity contribution in [2.45, 2.75) is 19.9 Å². The molecule has 0 saturated heterocycles. The minimum absolute atomic E-state index is 0.128. The maximum Gasteiger partial charge on any atom is 0.289 e. The molecule has 1 aliphatic rings. The molecule has 0 fully saturated rings. The van der Waals surface area contributed by atoms with E-state index in [4.69, 9.17) is 8.94 Å². The summed E-state index contributed by atoms with van der Waals surface area (Å²) in [5.74, 6) is 1.15. The highest BCUT2D eigenvalue weighted by Crippen LogP contribution is 2.29. The largest absolute Gasteiger partial charge is 0.459 e. The Balaban J connectivity index is 1.70. The van der Waals surface area contributed by atoms with Gasteiger partial charge in [0.25, 0.3) is 11.8 Å². The molecule has 0 bridgehead atoms. The van der Waals surface area contributed by atoms with Crippen LogP contribution in [-0.4, -0.2) is 37.3 Å². The summed E-state index contributed by atoms with van der Waals surface area (Å²) in [5, 5.41) is 8.31. The van der Waals surface area contributed by atoms with Gasteiger partial charge in [-0.15, -0.1) is 0 Å². The average molecular weight is 313 g/mol. The van der Waals surface area contributed by atoms with Crippen LogP contribution in [0.25, 0.3) is 11.6 Å². The van der Waals surface area contributed by atoms with Gasteiger partial charge in [-0.1, -0.05) is 5.16 Å². The van der Waals surface area contributed by atoms with Crippen LogP contribution in [0.5, 0.6) is 0 Å². The van der Waals surface area contributed by atoms with E-state index in [2.05, 4.69) is 15.2 Å². The Morgan fingerprint density at radius 3 is 2.96 bits per heavy atom. The Labute approximate surface area is 131 Å². The summed E-state index contributed by atoms with van der Waals surface area (Å²) in [6, 6.07) is 3.38. The van der Waals surface area contributed by atoms with Gasteiger partial charge in [0.15, 0.2) is 17.3 Å². The maximum atomic E-state index is 12.5. The molecule has 23 heavy (non-hydrogen) atoms. The average Bonchev–Trinajstić information content (AvgIpc) is 3.27. The van der Waals surface area contributed by atoms with Crippen molar-refractivity contribution in [1.29, 1.82) is 0 Å². The molecule has 0 saturated carbocycles. The Hall–Kier alpha value is -2.90. The molecule has 8 heteroatoms. The van der Waals surface area contributed by atoms with Crippen LogP contribution in [0, 0.1) is 6.92 Å². The number of hydrogen-bond acceptors (Lipinski definition) is 6. The number of carbonyl (C=O) groups is 1. The third-order valence-corrected chi connectivity index (χ3v) is 3.99. The number of hydrogen-bond donors (Lipinski definition) is 0. The van der Waals surface area contributed by atoms with Gasteiger partial charge in [-0.3, -0.25) is 9.48 Å². The van der Waals surface area contributed by atoms with Crippen molar-refractivity contribution in [2.24, 2.45) is 7.05 Å². The first kappa shape index (κ1) is 13.7. The number of amides is 1. The minimum atomic E-state index is -0.128. The van der Waals surface area contributed by atoms with Crippen LogP contribution >= 0.6 is 0 Å². The molecule has 1 aliphatic heterocycles. The van der Waals surface area contributed by atoms with Gasteiger partial charge in [0.1, 0.15) is 0 Å². The quantitative estimate of drug-likeness (QED) is 0.713. The molecular weight excluding hydrogens is 298 g/mol. The van der Waals surface area contributed by atoms with E-state index in [-0.39, 0.29) is 5.91 Å². The lowest BCUT2D eigenvalue weighted by atomic mass is 10.0. The molecule has 118 valence electrons. The number of furan rings is 1. The number of fused-ring (bicyclic) bond motifs is 1. The number of rotatable bonds is 2. The summed E-state index contributed by atoms with van der Waals surface area (Å²) >= 11 is 0. The van der Waals surface area contributed by atoms with Gasteiger partial charge in [-0.2, -0.15) is 10.1 Å². The molecule has 0 atom stereocenters. The van der Waals surface area contributed by atoms with E-state index in [0.29, 0.717) is 36.3 Å². The SMILES string of the molecule is Cc1noc(-c2nn(C)c3c2CN(C(=O)c2ccco2)CC3)n1. The molecule has 4 rings (SSSR count). The van der Waals surface area contributed by atoms with Crippen molar-refractivity contribution in [3.63, 3.8) is 0 Å². The summed E-state index contributed by atoms with van der Waals surface area (Å²) in [6.45, 7) is 2.82. The predicted octanol–water partition coefficient (Wildman–Crippen LogP) is 1.57. The van der Waals surface area contributed by atoms with E-state index < -0.39 is 0 Å². The summed E-state index contributed by atoms with van der Waals surface area (Å²) in [4.78, 5) is 18.5. The zero-order valence-electron chi connectivity index (χ0n) is 12.8.